The van der Waals surface area contributed by atoms with E-state index >= 15 is 8.78 Å². The first-order chi connectivity index (χ1) is 37.1. The van der Waals surface area contributed by atoms with E-state index in [0.29, 0.717) is 62.0 Å². The molecule has 0 radical (unpaired) electrons. The van der Waals surface area contributed by atoms with Gasteiger partial charge in [-0.25, -0.2) is 23.6 Å². The van der Waals surface area contributed by atoms with Crippen LogP contribution < -0.4 is 21.4 Å². The lowest BCUT2D eigenvalue weighted by Gasteiger charge is -2.48. The summed E-state index contributed by atoms with van der Waals surface area (Å²) >= 11 is 0. The number of fused-ring (bicyclic) bond motifs is 2. The molecule has 4 heterocycles. The highest BCUT2D eigenvalue weighted by molar-refractivity contribution is 5.89. The maximum Gasteiger partial charge on any atom is 0.407 e. The minimum absolute atomic E-state index is 0.0790. The quantitative estimate of drug-likeness (QED) is 0.0312. The molecule has 79 heavy (non-hydrogen) atoms. The molecule has 3 aliphatic heterocycles. The zero-order chi connectivity index (χ0) is 57.8. The van der Waals surface area contributed by atoms with Crippen molar-refractivity contribution in [2.45, 2.75) is 128 Å². The number of methoxy groups -OCH3 is 2. The van der Waals surface area contributed by atoms with Crippen LogP contribution in [0.2, 0.25) is 0 Å². The zero-order valence-corrected chi connectivity index (χ0v) is 44.8. The first kappa shape index (κ1) is 60.4. The Balaban J connectivity index is 1.19. The molecule has 2 unspecified atom stereocenters. The number of alkyl halides is 6. The van der Waals surface area contributed by atoms with Crippen LogP contribution in [0.25, 0.3) is 16.8 Å². The van der Waals surface area contributed by atoms with Gasteiger partial charge in [0, 0.05) is 79.5 Å². The van der Waals surface area contributed by atoms with E-state index in [1.807, 2.05) is 17.4 Å². The van der Waals surface area contributed by atoms with Crippen LogP contribution in [-0.2, 0) is 41.6 Å². The third-order valence-corrected chi connectivity index (χ3v) is 15.8. The molecule has 5 N–H and O–H groups in total. The van der Waals surface area contributed by atoms with Crippen molar-refractivity contribution in [1.82, 2.24) is 25.6 Å². The van der Waals surface area contributed by atoms with Crippen LogP contribution in [-0.4, -0.2) is 146 Å². The first-order valence-corrected chi connectivity index (χ1v) is 26.0. The number of hydrazine groups is 1. The van der Waals surface area contributed by atoms with E-state index < -0.39 is 114 Å². The van der Waals surface area contributed by atoms with Crippen LogP contribution in [0.5, 0.6) is 0 Å². The van der Waals surface area contributed by atoms with Gasteiger partial charge in [0.15, 0.2) is 5.78 Å². The average molecular weight is 1120 g/mol. The van der Waals surface area contributed by atoms with Crippen LogP contribution in [0, 0.1) is 34.3 Å². The second-order valence-electron chi connectivity index (χ2n) is 22.0. The van der Waals surface area contributed by atoms with Gasteiger partial charge in [-0.15, -0.1) is 0 Å². The number of Topliss-reactive ketones (excluding diaryl/α,β-unsaturated/α-hetero) is 1. The minimum atomic E-state index is -5.11. The number of aliphatic hydroxyl groups excluding tert-OH is 1. The number of ether oxygens (including phenoxy) is 3. The number of esters is 1. The number of hydrogen-bond acceptors (Lipinski definition) is 14. The summed E-state index contributed by atoms with van der Waals surface area (Å²) in [5, 5.41) is 14.9. The third kappa shape index (κ3) is 14.4. The number of aliphatic hydroxyl groups is 1. The number of pyridine rings is 1. The molecule has 432 valence electrons. The number of aliphatic imine (C=N–C) groups is 1. The molecule has 4 fully saturated rings. The van der Waals surface area contributed by atoms with Crippen molar-refractivity contribution in [3.05, 3.63) is 89.1 Å². The number of benzene rings is 2. The molecule has 3 saturated heterocycles. The number of amides is 2. The van der Waals surface area contributed by atoms with Gasteiger partial charge in [0.2, 0.25) is 5.91 Å². The number of halogens is 8. The van der Waals surface area contributed by atoms with Crippen molar-refractivity contribution in [2.24, 2.45) is 33.4 Å². The predicted molar refractivity (Wildman–Crippen MR) is 276 cm³/mol. The minimum Gasteiger partial charge on any atom is -0.469 e. The monoisotopic (exact) mass is 1120 g/mol. The number of nitrogens with zero attached hydrogens (tertiary/aromatic N) is 5. The lowest BCUT2D eigenvalue weighted by Crippen LogP contribution is -2.62. The highest BCUT2D eigenvalue weighted by Gasteiger charge is 2.57. The van der Waals surface area contributed by atoms with Gasteiger partial charge in [-0.05, 0) is 93.3 Å². The highest BCUT2D eigenvalue weighted by atomic mass is 19.4. The van der Waals surface area contributed by atoms with Crippen molar-refractivity contribution in [2.75, 3.05) is 52.0 Å². The third-order valence-electron chi connectivity index (χ3n) is 15.8. The van der Waals surface area contributed by atoms with Gasteiger partial charge in [-0.2, -0.15) is 26.3 Å². The van der Waals surface area contributed by atoms with E-state index in [2.05, 4.69) is 29.7 Å². The summed E-state index contributed by atoms with van der Waals surface area (Å²) < 4.78 is 135. The number of allylic oxidation sites excluding steroid dienone is 1. The fourth-order valence-electron chi connectivity index (χ4n) is 10.3. The number of piperazine rings is 1. The van der Waals surface area contributed by atoms with E-state index in [4.69, 9.17) is 15.5 Å². The highest BCUT2D eigenvalue weighted by Crippen LogP contribution is 2.46. The number of nitrogens with one attached hydrogen (secondary N) is 2. The van der Waals surface area contributed by atoms with E-state index in [9.17, 15) is 50.6 Å². The predicted octanol–water partition coefficient (Wildman–Crippen LogP) is 7.70. The summed E-state index contributed by atoms with van der Waals surface area (Å²) in [5.74, 6) is -9.28. The standard InChI is InChI=1S/C55H68F8N8O8/c1-52(2,54(58,59)60)41(23-48(74)77-5)50(75)68-70(27-40-42(56)20-34(21-43(40)57)44(64)17-18-65-36-12-13-36)28-46(73)35(22-45(72)49(67-51(76)78-6)53(3,4)55(61,62)63)19-31-7-9-32(10-8-31)33-11-16-47(66-24-33)69-25-37-14-15-38(26-69)71(37)39-29-79-30-39/h7-11,16-18,20-21,24,35-39,41,46,49,73H,12-15,19,22-23,25-30,64H2,1-6H3,(H,67,76)(H,68,75)/t35-,37?,38?,41-,46+,49-/m1/s1. The molecule has 1 aromatic heterocycles. The van der Waals surface area contributed by atoms with Gasteiger partial charge in [-0.1, -0.05) is 38.1 Å². The lowest BCUT2D eigenvalue weighted by atomic mass is 9.75. The summed E-state index contributed by atoms with van der Waals surface area (Å²) in [7, 11) is 1.76. The second-order valence-corrected chi connectivity index (χ2v) is 22.0. The summed E-state index contributed by atoms with van der Waals surface area (Å²) in [6.07, 6.45) is -7.45. The van der Waals surface area contributed by atoms with Crippen molar-refractivity contribution in [1.29, 1.82) is 0 Å². The topological polar surface area (TPSA) is 201 Å². The normalized spacial score (nSPS) is 20.2. The van der Waals surface area contributed by atoms with Gasteiger partial charge < -0.3 is 35.3 Å². The van der Waals surface area contributed by atoms with Crippen LogP contribution in [0.15, 0.2) is 65.8 Å². The number of alkyl carbamates (subject to hydrolysis) is 1. The maximum atomic E-state index is 16.1. The molecular weight excluding hydrogens is 1050 g/mol. The summed E-state index contributed by atoms with van der Waals surface area (Å²) in [6, 6.07) is 11.4. The molecule has 7 rings (SSSR count). The molecule has 2 aromatic carbocycles. The Morgan fingerprint density at radius 1 is 0.861 bits per heavy atom. The number of rotatable bonds is 23. The summed E-state index contributed by atoms with van der Waals surface area (Å²) in [5.41, 5.74) is 3.32. The van der Waals surface area contributed by atoms with Crippen LogP contribution >= 0.6 is 0 Å². The molecular formula is C55H68F8N8O8. The maximum absolute atomic E-state index is 16.1. The Labute approximate surface area is 453 Å². The molecule has 1 saturated carbocycles. The lowest BCUT2D eigenvalue weighted by molar-refractivity contribution is -0.231. The number of carbonyl (C=O) groups excluding carboxylic acids is 4. The van der Waals surface area contributed by atoms with Crippen molar-refractivity contribution >= 4 is 41.5 Å². The fourth-order valence-corrected chi connectivity index (χ4v) is 10.3. The number of hydrogen-bond donors (Lipinski definition) is 4. The molecule has 2 bridgehead atoms. The van der Waals surface area contributed by atoms with Crippen LogP contribution in [0.4, 0.5) is 45.7 Å². The molecule has 24 heteroatoms. The van der Waals surface area contributed by atoms with Crippen molar-refractivity contribution in [3.8, 4) is 11.1 Å². The second kappa shape index (κ2) is 24.6. The number of aromatic nitrogens is 1. The number of anilines is 1. The molecule has 4 aliphatic rings. The van der Waals surface area contributed by atoms with E-state index in [1.54, 1.807) is 30.5 Å². The Morgan fingerprint density at radius 3 is 1.99 bits per heavy atom. The number of carbonyl (C=O) groups is 4. The average Bonchev–Trinajstić information content (AvgIpc) is 4.26. The van der Waals surface area contributed by atoms with Gasteiger partial charge in [0.25, 0.3) is 0 Å². The summed E-state index contributed by atoms with van der Waals surface area (Å²) in [4.78, 5) is 67.3. The number of nitrogens with two attached hydrogens (primary N) is 1. The van der Waals surface area contributed by atoms with Gasteiger partial charge in [0.1, 0.15) is 23.5 Å². The largest absolute Gasteiger partial charge is 0.469 e. The Morgan fingerprint density at radius 2 is 1.47 bits per heavy atom. The Bertz CT molecular complexity index is 2680. The molecule has 2 amide bonds. The molecule has 3 aromatic rings. The zero-order valence-electron chi connectivity index (χ0n) is 44.8. The van der Waals surface area contributed by atoms with E-state index in [-0.39, 0.29) is 23.7 Å². The Hall–Kier alpha value is -6.24. The smallest absolute Gasteiger partial charge is 0.407 e. The molecule has 16 nitrogen and oxygen atoms in total. The van der Waals surface area contributed by atoms with E-state index in [0.717, 1.165) is 89.7 Å². The van der Waals surface area contributed by atoms with Crippen LogP contribution in [0.3, 0.4) is 0 Å². The fraction of sp³-hybridized carbons (Fsp3) is 0.564. The van der Waals surface area contributed by atoms with E-state index in [1.165, 1.54) is 12.3 Å². The van der Waals surface area contributed by atoms with Crippen LogP contribution in [0.1, 0.15) is 82.9 Å². The first-order valence-electron chi connectivity index (χ1n) is 26.0. The van der Waals surface area contributed by atoms with Gasteiger partial charge in [0.05, 0.1) is 68.8 Å². The number of ketones is 1. The summed E-state index contributed by atoms with van der Waals surface area (Å²) in [6.45, 7) is 3.88. The Kier molecular flexibility index (Phi) is 18.8. The molecule has 6 atom stereocenters. The molecule has 1 aliphatic carbocycles. The molecule has 0 spiro atoms. The SMILES string of the molecule is COC(=O)C[C@H](C(=O)NN(Cc1c(F)cc(C(N)=CC=NC2CC2)cc1F)C[C@H](O)[C@@H](CC(=O)[C@@H](NC(=O)OC)C(C)(C)C(F)(F)F)Cc1ccc(-c2ccc(N3CC4CCC(C3)N4C3COC3)nc2)cc1)C(C)(C)C(F)(F)F. The van der Waals surface area contributed by atoms with Crippen molar-refractivity contribution < 1.29 is 73.6 Å². The van der Waals surface area contributed by atoms with Gasteiger partial charge >= 0.3 is 24.4 Å². The van der Waals surface area contributed by atoms with Crippen molar-refractivity contribution in [3.63, 3.8) is 0 Å². The van der Waals surface area contributed by atoms with Gasteiger partial charge in [-0.3, -0.25) is 29.7 Å².